The highest BCUT2D eigenvalue weighted by atomic mass is 32.2. The molecule has 0 radical (unpaired) electrons. The second kappa shape index (κ2) is 8.72. The lowest BCUT2D eigenvalue weighted by atomic mass is 10.2. The Balaban J connectivity index is 1.70. The van der Waals surface area contributed by atoms with Crippen LogP contribution in [0.15, 0.2) is 76.8 Å². The summed E-state index contributed by atoms with van der Waals surface area (Å²) in [6.07, 6.45) is -1.75. The zero-order chi connectivity index (χ0) is 22.6. The van der Waals surface area contributed by atoms with E-state index in [0.717, 1.165) is 17.7 Å². The molecule has 0 aliphatic rings. The number of sulfone groups is 1. The van der Waals surface area contributed by atoms with Crippen LogP contribution in [0.3, 0.4) is 0 Å². The Morgan fingerprint density at radius 3 is 2.26 bits per heavy atom. The van der Waals surface area contributed by atoms with Crippen LogP contribution in [0.5, 0.6) is 0 Å². The van der Waals surface area contributed by atoms with E-state index in [1.54, 1.807) is 24.5 Å². The van der Waals surface area contributed by atoms with Crippen LogP contribution in [-0.4, -0.2) is 19.4 Å². The van der Waals surface area contributed by atoms with Crippen LogP contribution >= 0.6 is 0 Å². The van der Waals surface area contributed by atoms with E-state index in [1.165, 1.54) is 12.1 Å². The van der Waals surface area contributed by atoms with Crippen LogP contribution in [0.4, 0.5) is 28.0 Å². The molecule has 0 bridgehead atoms. The highest BCUT2D eigenvalue weighted by molar-refractivity contribution is 7.91. The Hall–Kier alpha value is -3.47. The molecule has 1 aromatic heterocycles. The van der Waals surface area contributed by atoms with Gasteiger partial charge in [0.15, 0.2) is 0 Å². The van der Waals surface area contributed by atoms with E-state index in [9.17, 15) is 30.8 Å². The molecule has 2 N–H and O–H groups in total. The number of pyridine rings is 1. The van der Waals surface area contributed by atoms with Crippen molar-refractivity contribution in [2.75, 3.05) is 5.32 Å². The van der Waals surface area contributed by atoms with Crippen molar-refractivity contribution < 1.29 is 30.8 Å². The van der Waals surface area contributed by atoms with E-state index in [1.807, 2.05) is 0 Å². The standard InChI is InChI=1S/C20H15F4N3O3S/c21-18-10-16(7-8-17(18)20(22,23)24)31(29,30)15-5-3-14(4-6-15)27-19(28)26-12-13-2-1-9-25-11-13/h1-11H,12H2,(H2,26,27,28). The first-order valence-electron chi connectivity index (χ1n) is 8.73. The highest BCUT2D eigenvalue weighted by Crippen LogP contribution is 2.33. The van der Waals surface area contributed by atoms with Gasteiger partial charge in [0.25, 0.3) is 0 Å². The largest absolute Gasteiger partial charge is 0.419 e. The molecule has 1 heterocycles. The zero-order valence-corrected chi connectivity index (χ0v) is 16.5. The quantitative estimate of drug-likeness (QED) is 0.561. The fourth-order valence-electron chi connectivity index (χ4n) is 2.61. The summed E-state index contributed by atoms with van der Waals surface area (Å²) in [7, 11) is -4.26. The van der Waals surface area contributed by atoms with Gasteiger partial charge in [-0.3, -0.25) is 4.98 Å². The number of alkyl halides is 3. The minimum atomic E-state index is -4.93. The Morgan fingerprint density at radius 1 is 1.00 bits per heavy atom. The summed E-state index contributed by atoms with van der Waals surface area (Å²) in [5.41, 5.74) is -0.493. The number of urea groups is 1. The van der Waals surface area contributed by atoms with Crippen molar-refractivity contribution in [1.82, 2.24) is 10.3 Å². The molecule has 2 aromatic carbocycles. The molecule has 3 rings (SSSR count). The molecule has 2 amide bonds. The van der Waals surface area contributed by atoms with Crippen molar-refractivity contribution in [2.24, 2.45) is 0 Å². The molecule has 0 aliphatic heterocycles. The Morgan fingerprint density at radius 2 is 1.68 bits per heavy atom. The summed E-state index contributed by atoms with van der Waals surface area (Å²) in [6, 6.07) is 9.27. The van der Waals surface area contributed by atoms with E-state index in [2.05, 4.69) is 15.6 Å². The lowest BCUT2D eigenvalue weighted by Gasteiger charge is -2.11. The van der Waals surface area contributed by atoms with Gasteiger partial charge in [0.2, 0.25) is 9.84 Å². The highest BCUT2D eigenvalue weighted by Gasteiger charge is 2.34. The van der Waals surface area contributed by atoms with Crippen LogP contribution in [0.25, 0.3) is 0 Å². The van der Waals surface area contributed by atoms with Gasteiger partial charge in [-0.05, 0) is 54.1 Å². The minimum absolute atomic E-state index is 0.228. The summed E-state index contributed by atoms with van der Waals surface area (Å²) in [5.74, 6) is -1.68. The number of anilines is 1. The average molecular weight is 453 g/mol. The maximum atomic E-state index is 13.8. The summed E-state index contributed by atoms with van der Waals surface area (Å²) in [5, 5.41) is 5.11. The summed E-state index contributed by atoms with van der Waals surface area (Å²) >= 11 is 0. The van der Waals surface area contributed by atoms with Gasteiger partial charge in [-0.15, -0.1) is 0 Å². The number of nitrogens with zero attached hydrogens (tertiary/aromatic N) is 1. The van der Waals surface area contributed by atoms with E-state index in [4.69, 9.17) is 0 Å². The predicted octanol–water partition coefficient (Wildman–Crippen LogP) is 4.39. The number of hydrogen-bond acceptors (Lipinski definition) is 4. The summed E-state index contributed by atoms with van der Waals surface area (Å²) in [4.78, 5) is 15.0. The van der Waals surface area contributed by atoms with E-state index >= 15 is 0 Å². The number of hydrogen-bond donors (Lipinski definition) is 2. The van der Waals surface area contributed by atoms with Crippen molar-refractivity contribution in [3.05, 3.63) is 83.9 Å². The molecule has 0 atom stereocenters. The van der Waals surface area contributed by atoms with Gasteiger partial charge in [0, 0.05) is 24.6 Å². The Labute approximate surface area is 174 Å². The maximum absolute atomic E-state index is 13.8. The van der Waals surface area contributed by atoms with Crippen LogP contribution in [-0.2, 0) is 22.6 Å². The van der Waals surface area contributed by atoms with E-state index in [0.29, 0.717) is 18.2 Å². The van der Waals surface area contributed by atoms with Gasteiger partial charge in [-0.25, -0.2) is 17.6 Å². The molecular formula is C20H15F4N3O3S. The van der Waals surface area contributed by atoms with E-state index in [-0.39, 0.29) is 17.1 Å². The molecule has 0 saturated heterocycles. The molecule has 162 valence electrons. The number of halogens is 4. The number of aromatic nitrogens is 1. The van der Waals surface area contributed by atoms with Crippen LogP contribution in [0, 0.1) is 5.82 Å². The SMILES string of the molecule is O=C(NCc1cccnc1)Nc1ccc(S(=O)(=O)c2ccc(C(F)(F)F)c(F)c2)cc1. The van der Waals surface area contributed by atoms with Gasteiger partial charge in [-0.1, -0.05) is 6.07 Å². The number of rotatable bonds is 5. The van der Waals surface area contributed by atoms with Crippen molar-refractivity contribution in [1.29, 1.82) is 0 Å². The van der Waals surface area contributed by atoms with Gasteiger partial charge in [0.1, 0.15) is 5.82 Å². The number of benzene rings is 2. The normalized spacial score (nSPS) is 11.7. The van der Waals surface area contributed by atoms with Gasteiger partial charge >= 0.3 is 12.2 Å². The molecule has 31 heavy (non-hydrogen) atoms. The molecule has 6 nitrogen and oxygen atoms in total. The lowest BCUT2D eigenvalue weighted by molar-refractivity contribution is -0.140. The number of carbonyl (C=O) groups is 1. The predicted molar refractivity (Wildman–Crippen MR) is 103 cm³/mol. The van der Waals surface area contributed by atoms with E-state index < -0.39 is 38.3 Å². The number of amides is 2. The first kappa shape index (κ1) is 22.2. The van der Waals surface area contributed by atoms with Crippen molar-refractivity contribution >= 4 is 21.6 Å². The van der Waals surface area contributed by atoms with Crippen molar-refractivity contribution in [3.8, 4) is 0 Å². The lowest BCUT2D eigenvalue weighted by Crippen LogP contribution is -2.28. The molecule has 11 heteroatoms. The van der Waals surface area contributed by atoms with Gasteiger partial charge < -0.3 is 10.6 Å². The number of carbonyl (C=O) groups excluding carboxylic acids is 1. The molecule has 0 aliphatic carbocycles. The first-order chi connectivity index (χ1) is 14.6. The monoisotopic (exact) mass is 453 g/mol. The third-order valence-corrected chi connectivity index (χ3v) is 5.92. The number of nitrogens with one attached hydrogen (secondary N) is 2. The minimum Gasteiger partial charge on any atom is -0.334 e. The fraction of sp³-hybridized carbons (Fsp3) is 0.100. The first-order valence-corrected chi connectivity index (χ1v) is 10.2. The summed E-state index contributed by atoms with van der Waals surface area (Å²) < 4.78 is 76.9. The molecule has 0 unspecified atom stereocenters. The average Bonchev–Trinajstić information content (AvgIpc) is 2.72. The third kappa shape index (κ3) is 5.37. The van der Waals surface area contributed by atoms with Crippen LogP contribution in [0.1, 0.15) is 11.1 Å². The van der Waals surface area contributed by atoms with Crippen molar-refractivity contribution in [3.63, 3.8) is 0 Å². The van der Waals surface area contributed by atoms with Crippen molar-refractivity contribution in [2.45, 2.75) is 22.5 Å². The maximum Gasteiger partial charge on any atom is 0.419 e. The van der Waals surface area contributed by atoms with Crippen LogP contribution in [0.2, 0.25) is 0 Å². The van der Waals surface area contributed by atoms with Gasteiger partial charge in [-0.2, -0.15) is 13.2 Å². The molecule has 0 saturated carbocycles. The van der Waals surface area contributed by atoms with Gasteiger partial charge in [0.05, 0.1) is 15.4 Å². The second-order valence-electron chi connectivity index (χ2n) is 6.34. The zero-order valence-electron chi connectivity index (χ0n) is 15.7. The molecule has 3 aromatic rings. The molecule has 0 fully saturated rings. The topological polar surface area (TPSA) is 88.2 Å². The second-order valence-corrected chi connectivity index (χ2v) is 8.29. The van der Waals surface area contributed by atoms with Crippen LogP contribution < -0.4 is 10.6 Å². The fourth-order valence-corrected chi connectivity index (χ4v) is 3.88. The molecular weight excluding hydrogens is 438 g/mol. The smallest absolute Gasteiger partial charge is 0.334 e. The molecule has 0 spiro atoms. The Kier molecular flexibility index (Phi) is 6.25. The third-order valence-electron chi connectivity index (χ3n) is 4.15. The Bertz CT molecular complexity index is 1180. The summed E-state index contributed by atoms with van der Waals surface area (Å²) in [6.45, 7) is 0.228.